The lowest BCUT2D eigenvalue weighted by atomic mass is 9.48. The molecule has 0 saturated heterocycles. The lowest BCUT2D eigenvalue weighted by molar-refractivity contribution is -0.147. The molecule has 2 atom stereocenters. The summed E-state index contributed by atoms with van der Waals surface area (Å²) in [5, 5.41) is 0. The molecule has 0 unspecified atom stereocenters. The molecule has 4 aliphatic carbocycles. The highest BCUT2D eigenvalue weighted by molar-refractivity contribution is 5.93. The van der Waals surface area contributed by atoms with Gasteiger partial charge in [0.2, 0.25) is 0 Å². The largest absolute Gasteiger partial charge is 0.300 e. The van der Waals surface area contributed by atoms with E-state index in [1.165, 1.54) is 19.3 Å². The number of allylic oxidation sites excluding steroid dienone is 2. The minimum absolute atomic E-state index is 0.0204. The first-order valence-corrected chi connectivity index (χ1v) is 7.94. The number of carbonyl (C=O) groups excluding carboxylic acids is 2. The fourth-order valence-corrected chi connectivity index (χ4v) is 5.72. The third kappa shape index (κ3) is 1.33. The summed E-state index contributed by atoms with van der Waals surface area (Å²) in [6, 6.07) is 0. The van der Waals surface area contributed by atoms with Crippen LogP contribution in [0, 0.1) is 10.8 Å². The Balaban J connectivity index is 1.89. The second kappa shape index (κ2) is 3.80. The van der Waals surface area contributed by atoms with Crippen molar-refractivity contribution in [3.63, 3.8) is 0 Å². The Hall–Kier alpha value is -0.920. The predicted molar refractivity (Wildman–Crippen MR) is 72.7 cm³/mol. The van der Waals surface area contributed by atoms with E-state index in [4.69, 9.17) is 0 Å². The van der Waals surface area contributed by atoms with Crippen LogP contribution in [0.25, 0.3) is 0 Å². The van der Waals surface area contributed by atoms with Gasteiger partial charge in [0, 0.05) is 30.1 Å². The fraction of sp³-hybridized carbons (Fsp3) is 0.765. The summed E-state index contributed by atoms with van der Waals surface area (Å²) < 4.78 is 0. The zero-order valence-corrected chi connectivity index (χ0v) is 11.6. The van der Waals surface area contributed by atoms with Gasteiger partial charge in [0.1, 0.15) is 11.6 Å². The molecule has 0 radical (unpaired) electrons. The Kier molecular flexibility index (Phi) is 2.38. The third-order valence-electron chi connectivity index (χ3n) is 6.46. The maximum Gasteiger partial charge on any atom is 0.140 e. The maximum absolute atomic E-state index is 12.7. The normalized spacial score (nSPS) is 41.9. The van der Waals surface area contributed by atoms with E-state index >= 15 is 0 Å². The molecule has 2 nitrogen and oxygen atoms in total. The van der Waals surface area contributed by atoms with E-state index in [0.717, 1.165) is 38.5 Å². The molecule has 4 rings (SSSR count). The van der Waals surface area contributed by atoms with E-state index in [9.17, 15) is 9.59 Å². The van der Waals surface area contributed by atoms with Gasteiger partial charge >= 0.3 is 0 Å². The Bertz CT molecular complexity index is 501. The minimum Gasteiger partial charge on any atom is -0.300 e. The Morgan fingerprint density at radius 1 is 0.737 bits per heavy atom. The van der Waals surface area contributed by atoms with E-state index in [2.05, 4.69) is 0 Å². The van der Waals surface area contributed by atoms with Gasteiger partial charge in [-0.15, -0.1) is 0 Å². The van der Waals surface area contributed by atoms with Gasteiger partial charge in [0.15, 0.2) is 0 Å². The molecule has 0 N–H and O–H groups in total. The molecule has 0 aromatic carbocycles. The van der Waals surface area contributed by atoms with Crippen LogP contribution in [0.4, 0.5) is 0 Å². The zero-order valence-electron chi connectivity index (χ0n) is 11.6. The van der Waals surface area contributed by atoms with E-state index in [1.807, 2.05) is 0 Å². The summed E-state index contributed by atoms with van der Waals surface area (Å²) in [4.78, 5) is 24.8. The number of Topliss-reactive ketones (excluding diaryl/α,β-unsaturated/α-hetero) is 2. The van der Waals surface area contributed by atoms with Crippen LogP contribution in [0.2, 0.25) is 0 Å². The molecule has 102 valence electrons. The van der Waals surface area contributed by atoms with Gasteiger partial charge in [-0.3, -0.25) is 9.59 Å². The molecule has 0 aromatic heterocycles. The number of hydrogen-bond acceptors (Lipinski definition) is 2. The van der Waals surface area contributed by atoms with Crippen molar-refractivity contribution in [2.24, 2.45) is 10.8 Å². The number of carbonyl (C=O) groups is 2. The summed E-state index contributed by atoms with van der Waals surface area (Å²) >= 11 is 0. The van der Waals surface area contributed by atoms with Gasteiger partial charge < -0.3 is 0 Å². The van der Waals surface area contributed by atoms with E-state index in [1.54, 1.807) is 11.1 Å². The molecule has 4 aliphatic rings. The van der Waals surface area contributed by atoms with Crippen LogP contribution in [-0.2, 0) is 9.59 Å². The summed E-state index contributed by atoms with van der Waals surface area (Å²) in [7, 11) is 0. The van der Waals surface area contributed by atoms with Crippen LogP contribution in [0.15, 0.2) is 11.1 Å². The smallest absolute Gasteiger partial charge is 0.140 e. The van der Waals surface area contributed by atoms with Crippen molar-refractivity contribution in [2.45, 2.75) is 70.6 Å². The second-order valence-corrected chi connectivity index (χ2v) is 7.12. The van der Waals surface area contributed by atoms with Gasteiger partial charge in [0.05, 0.1) is 0 Å². The first-order valence-electron chi connectivity index (χ1n) is 7.94. The molecule has 0 amide bonds. The molecule has 0 aliphatic heterocycles. The molecule has 19 heavy (non-hydrogen) atoms. The molecular weight excluding hydrogens is 236 g/mol. The van der Waals surface area contributed by atoms with Crippen LogP contribution in [0.5, 0.6) is 0 Å². The first-order chi connectivity index (χ1) is 9.18. The SMILES string of the molecule is O=C1CC[C@]23CC4=C(CCCC4)[C@]2(CCCC3=O)C1. The Labute approximate surface area is 114 Å². The summed E-state index contributed by atoms with van der Waals surface area (Å²) in [6.45, 7) is 0. The van der Waals surface area contributed by atoms with Crippen LogP contribution in [-0.4, -0.2) is 11.6 Å². The number of rotatable bonds is 0. The third-order valence-corrected chi connectivity index (χ3v) is 6.46. The highest BCUT2D eigenvalue weighted by Crippen LogP contribution is 2.69. The van der Waals surface area contributed by atoms with E-state index in [0.29, 0.717) is 24.4 Å². The molecule has 2 heteroatoms. The maximum atomic E-state index is 12.7. The average molecular weight is 258 g/mol. The van der Waals surface area contributed by atoms with Crippen molar-refractivity contribution in [1.82, 2.24) is 0 Å². The van der Waals surface area contributed by atoms with Crippen molar-refractivity contribution in [1.29, 1.82) is 0 Å². The van der Waals surface area contributed by atoms with E-state index < -0.39 is 0 Å². The van der Waals surface area contributed by atoms with Crippen LogP contribution >= 0.6 is 0 Å². The molecule has 2 saturated carbocycles. The topological polar surface area (TPSA) is 34.1 Å². The second-order valence-electron chi connectivity index (χ2n) is 7.12. The number of ketones is 2. The van der Waals surface area contributed by atoms with Crippen LogP contribution in [0.1, 0.15) is 70.6 Å². The number of hydrogen-bond donors (Lipinski definition) is 0. The van der Waals surface area contributed by atoms with Gasteiger partial charge in [-0.2, -0.15) is 0 Å². The van der Waals surface area contributed by atoms with Crippen molar-refractivity contribution >= 4 is 11.6 Å². The Morgan fingerprint density at radius 2 is 1.58 bits per heavy atom. The van der Waals surface area contributed by atoms with Crippen molar-refractivity contribution in [2.75, 3.05) is 0 Å². The first kappa shape index (κ1) is 11.9. The van der Waals surface area contributed by atoms with Crippen molar-refractivity contribution in [3.8, 4) is 0 Å². The van der Waals surface area contributed by atoms with Crippen LogP contribution in [0.3, 0.4) is 0 Å². The van der Waals surface area contributed by atoms with Gasteiger partial charge in [-0.05, 0) is 51.4 Å². The molecule has 2 fully saturated rings. The van der Waals surface area contributed by atoms with Gasteiger partial charge in [0.25, 0.3) is 0 Å². The summed E-state index contributed by atoms with van der Waals surface area (Å²) in [5.74, 6) is 0.894. The highest BCUT2D eigenvalue weighted by Gasteiger charge is 2.64. The quantitative estimate of drug-likeness (QED) is 0.620. The molecule has 0 bridgehead atoms. The monoisotopic (exact) mass is 258 g/mol. The zero-order chi connectivity index (χ0) is 13.1. The van der Waals surface area contributed by atoms with Crippen molar-refractivity contribution < 1.29 is 9.59 Å². The van der Waals surface area contributed by atoms with E-state index in [-0.39, 0.29) is 10.8 Å². The van der Waals surface area contributed by atoms with Gasteiger partial charge in [-0.25, -0.2) is 0 Å². The minimum atomic E-state index is -0.145. The predicted octanol–water partition coefficient (Wildman–Crippen LogP) is 3.74. The summed E-state index contributed by atoms with van der Waals surface area (Å²) in [5.41, 5.74) is 2.98. The lowest BCUT2D eigenvalue weighted by Crippen LogP contribution is -2.52. The van der Waals surface area contributed by atoms with Gasteiger partial charge in [-0.1, -0.05) is 11.1 Å². The van der Waals surface area contributed by atoms with Crippen LogP contribution < -0.4 is 0 Å². The fourth-order valence-electron chi connectivity index (χ4n) is 5.72. The highest BCUT2D eigenvalue weighted by atomic mass is 16.1. The summed E-state index contributed by atoms with van der Waals surface area (Å²) in [6.07, 6.45) is 11.0. The molecule has 0 heterocycles. The standard InChI is InChI=1S/C17H22O2/c18-13-7-9-17-10-12-4-1-2-5-14(12)16(17,11-13)8-3-6-15(17)19/h1-11H2/t16-,17+/m0/s1. The Morgan fingerprint density at radius 3 is 2.47 bits per heavy atom. The average Bonchev–Trinajstić information content (AvgIpc) is 2.71. The molecular formula is C17H22O2. The lowest BCUT2D eigenvalue weighted by Gasteiger charge is -2.53. The molecule has 0 spiro atoms. The molecule has 0 aromatic rings. The van der Waals surface area contributed by atoms with Crippen molar-refractivity contribution in [3.05, 3.63) is 11.1 Å².